The predicted octanol–water partition coefficient (Wildman–Crippen LogP) is 2.86. The smallest absolute Gasteiger partial charge is 0.253 e. The fourth-order valence-corrected chi connectivity index (χ4v) is 5.78. The second-order valence-corrected chi connectivity index (χ2v) is 9.87. The third-order valence-electron chi connectivity index (χ3n) is 3.92. The van der Waals surface area contributed by atoms with Gasteiger partial charge in [0.15, 0.2) is 0 Å². The van der Waals surface area contributed by atoms with Crippen molar-refractivity contribution < 1.29 is 18.0 Å². The minimum Gasteiger partial charge on any atom is -0.274 e. The van der Waals surface area contributed by atoms with Gasteiger partial charge >= 0.3 is 0 Å². The first-order valence-corrected chi connectivity index (χ1v) is 11.0. The molecule has 2 amide bonds. The van der Waals surface area contributed by atoms with Crippen molar-refractivity contribution in [3.63, 3.8) is 0 Å². The van der Waals surface area contributed by atoms with Crippen molar-refractivity contribution in [2.45, 2.75) is 16.7 Å². The monoisotopic (exact) mass is 502 g/mol. The Balaban J connectivity index is 1.96. The maximum absolute atomic E-state index is 12.9. The number of hydrogen-bond acceptors (Lipinski definition) is 5. The molecule has 0 bridgehead atoms. The molecule has 1 atom stereocenters. The molecule has 0 spiro atoms. The Morgan fingerprint density at radius 3 is 2.54 bits per heavy atom. The maximum atomic E-state index is 12.9. The summed E-state index contributed by atoms with van der Waals surface area (Å²) >= 11 is 3.20. The van der Waals surface area contributed by atoms with E-state index < -0.39 is 27.9 Å². The Kier molecular flexibility index (Phi) is 5.61. The van der Waals surface area contributed by atoms with Crippen LogP contribution in [-0.2, 0) is 19.6 Å². The Labute approximate surface area is 169 Å². The predicted molar refractivity (Wildman–Crippen MR) is 108 cm³/mol. The van der Waals surface area contributed by atoms with Gasteiger partial charge in [-0.15, -0.1) is 17.9 Å². The van der Waals surface area contributed by atoms with Gasteiger partial charge in [-0.2, -0.15) is 4.31 Å². The van der Waals surface area contributed by atoms with E-state index in [0.717, 1.165) is 24.1 Å². The van der Waals surface area contributed by atoms with Crippen molar-refractivity contribution >= 4 is 61.5 Å². The third-order valence-corrected chi connectivity index (χ3v) is 7.89. The normalized spacial score (nSPS) is 17.9. The molecule has 1 saturated heterocycles. The zero-order valence-corrected chi connectivity index (χ0v) is 17.3. The van der Waals surface area contributed by atoms with E-state index in [9.17, 15) is 18.0 Å². The zero-order chi connectivity index (χ0) is 18.9. The molecule has 1 unspecified atom stereocenters. The highest BCUT2D eigenvalue weighted by Gasteiger charge is 2.46. The molecular formula is C17H15IN2O4S2. The highest BCUT2D eigenvalue weighted by atomic mass is 127. The van der Waals surface area contributed by atoms with Crippen LogP contribution in [0.5, 0.6) is 0 Å². The number of carbonyl (C=O) groups excluding carboxylic acids is 2. The molecule has 6 nitrogen and oxygen atoms in total. The van der Waals surface area contributed by atoms with E-state index in [1.165, 1.54) is 12.1 Å². The molecule has 26 heavy (non-hydrogen) atoms. The highest BCUT2D eigenvalue weighted by Crippen LogP contribution is 2.30. The van der Waals surface area contributed by atoms with E-state index in [1.807, 2.05) is 0 Å². The van der Waals surface area contributed by atoms with Crippen LogP contribution in [0.3, 0.4) is 0 Å². The quantitative estimate of drug-likeness (QED) is 0.346. The molecule has 2 aromatic rings. The van der Waals surface area contributed by atoms with E-state index in [1.54, 1.807) is 35.7 Å². The lowest BCUT2D eigenvalue weighted by Crippen LogP contribution is -2.45. The van der Waals surface area contributed by atoms with Crippen LogP contribution in [0.4, 0.5) is 5.69 Å². The average molecular weight is 502 g/mol. The van der Waals surface area contributed by atoms with Gasteiger partial charge in [0.1, 0.15) is 10.3 Å². The zero-order valence-electron chi connectivity index (χ0n) is 13.5. The van der Waals surface area contributed by atoms with Crippen LogP contribution in [0.25, 0.3) is 0 Å². The van der Waals surface area contributed by atoms with Gasteiger partial charge in [0.05, 0.1) is 12.1 Å². The van der Waals surface area contributed by atoms with Crippen LogP contribution in [0.2, 0.25) is 0 Å². The van der Waals surface area contributed by atoms with Gasteiger partial charge in [0, 0.05) is 10.1 Å². The summed E-state index contributed by atoms with van der Waals surface area (Å²) in [7, 11) is -3.89. The van der Waals surface area contributed by atoms with Gasteiger partial charge < -0.3 is 0 Å². The van der Waals surface area contributed by atoms with Crippen molar-refractivity contribution in [2.24, 2.45) is 0 Å². The minimum absolute atomic E-state index is 0.0511. The molecule has 2 heterocycles. The number of carbonyl (C=O) groups is 2. The Morgan fingerprint density at radius 2 is 1.96 bits per heavy atom. The van der Waals surface area contributed by atoms with Gasteiger partial charge in [0.2, 0.25) is 5.91 Å². The molecule has 136 valence electrons. The summed E-state index contributed by atoms with van der Waals surface area (Å²) in [5.74, 6) is -0.963. The van der Waals surface area contributed by atoms with E-state index in [2.05, 4.69) is 29.2 Å². The summed E-state index contributed by atoms with van der Waals surface area (Å²) in [6, 6.07) is 8.95. The molecule has 1 aromatic carbocycles. The van der Waals surface area contributed by atoms with Crippen LogP contribution < -0.4 is 4.90 Å². The first kappa shape index (κ1) is 19.2. The van der Waals surface area contributed by atoms with E-state index >= 15 is 0 Å². The van der Waals surface area contributed by atoms with Crippen molar-refractivity contribution in [3.8, 4) is 0 Å². The maximum Gasteiger partial charge on any atom is 0.253 e. The van der Waals surface area contributed by atoms with E-state index in [0.29, 0.717) is 5.69 Å². The summed E-state index contributed by atoms with van der Waals surface area (Å²) in [4.78, 5) is 26.4. The lowest BCUT2D eigenvalue weighted by atomic mass is 10.2. The molecule has 0 saturated carbocycles. The fourth-order valence-electron chi connectivity index (χ4n) is 2.75. The van der Waals surface area contributed by atoms with Gasteiger partial charge in [-0.3, -0.25) is 9.59 Å². The number of imide groups is 1. The molecule has 9 heteroatoms. The number of anilines is 1. The Hall–Kier alpha value is -1.56. The number of amides is 2. The minimum atomic E-state index is -3.89. The van der Waals surface area contributed by atoms with E-state index in [4.69, 9.17) is 0 Å². The largest absolute Gasteiger partial charge is 0.274 e. The van der Waals surface area contributed by atoms with Gasteiger partial charge in [-0.05, 0) is 58.3 Å². The number of thiophene rings is 1. The number of nitrogens with zero attached hydrogens (tertiary/aromatic N) is 2. The fraction of sp³-hybridized carbons (Fsp3) is 0.176. The van der Waals surface area contributed by atoms with Gasteiger partial charge in [0.25, 0.3) is 15.9 Å². The summed E-state index contributed by atoms with van der Waals surface area (Å²) in [5.41, 5.74) is 0.440. The van der Waals surface area contributed by atoms with Crippen molar-refractivity contribution in [1.29, 1.82) is 0 Å². The van der Waals surface area contributed by atoms with Crippen LogP contribution in [0.1, 0.15) is 6.42 Å². The molecule has 1 aliphatic rings. The number of hydrogen-bond donors (Lipinski definition) is 0. The molecule has 0 radical (unpaired) electrons. The second-order valence-electron chi connectivity index (χ2n) is 5.56. The third kappa shape index (κ3) is 3.48. The number of benzene rings is 1. The number of sulfonamides is 1. The lowest BCUT2D eigenvalue weighted by Gasteiger charge is -2.25. The van der Waals surface area contributed by atoms with Crippen LogP contribution in [0.15, 0.2) is 58.6 Å². The van der Waals surface area contributed by atoms with Crippen LogP contribution in [-0.4, -0.2) is 37.1 Å². The standard InChI is InChI=1S/C17H15IN2O4S2/c1-2-9-19(26(23,24)16-4-3-10-25-16)14-11-15(21)20(17(14)22)13-7-5-12(18)6-8-13/h2-8,10,14H,1,9,11H2. The second kappa shape index (κ2) is 7.59. The summed E-state index contributed by atoms with van der Waals surface area (Å²) in [6.45, 7) is 3.53. The molecule has 1 aromatic heterocycles. The topological polar surface area (TPSA) is 74.8 Å². The Morgan fingerprint density at radius 1 is 1.27 bits per heavy atom. The van der Waals surface area contributed by atoms with Gasteiger partial charge in [-0.1, -0.05) is 12.1 Å². The average Bonchev–Trinajstić information content (AvgIpc) is 3.23. The van der Waals surface area contributed by atoms with Crippen LogP contribution >= 0.6 is 33.9 Å². The van der Waals surface area contributed by atoms with Crippen molar-refractivity contribution in [3.05, 3.63) is 58.0 Å². The molecule has 0 N–H and O–H groups in total. The van der Waals surface area contributed by atoms with Gasteiger partial charge in [-0.25, -0.2) is 13.3 Å². The van der Waals surface area contributed by atoms with E-state index in [-0.39, 0.29) is 17.2 Å². The molecule has 3 rings (SSSR count). The molecular weight excluding hydrogens is 487 g/mol. The first-order chi connectivity index (χ1) is 12.4. The summed E-state index contributed by atoms with van der Waals surface area (Å²) < 4.78 is 28.0. The molecule has 1 aliphatic heterocycles. The summed E-state index contributed by atoms with van der Waals surface area (Å²) in [5, 5.41) is 1.65. The Bertz CT molecular complexity index is 940. The van der Waals surface area contributed by atoms with Crippen molar-refractivity contribution in [2.75, 3.05) is 11.4 Å². The number of rotatable bonds is 6. The first-order valence-electron chi connectivity index (χ1n) is 7.65. The van der Waals surface area contributed by atoms with Crippen molar-refractivity contribution in [1.82, 2.24) is 4.31 Å². The SMILES string of the molecule is C=CCN(C1CC(=O)N(c2ccc(I)cc2)C1=O)S(=O)(=O)c1cccs1. The molecule has 1 fully saturated rings. The highest BCUT2D eigenvalue weighted by molar-refractivity contribution is 14.1. The summed E-state index contributed by atoms with van der Waals surface area (Å²) in [6.07, 6.45) is 1.22. The molecule has 0 aliphatic carbocycles. The number of halogens is 1. The van der Waals surface area contributed by atoms with Crippen LogP contribution in [0, 0.1) is 3.57 Å². The lowest BCUT2D eigenvalue weighted by molar-refractivity contribution is -0.122.